The van der Waals surface area contributed by atoms with Gasteiger partial charge in [-0.1, -0.05) is 6.07 Å². The van der Waals surface area contributed by atoms with Gasteiger partial charge in [0.1, 0.15) is 0 Å². The van der Waals surface area contributed by atoms with Crippen LogP contribution in [0.4, 0.5) is 0 Å². The molecule has 0 aliphatic rings. The van der Waals surface area contributed by atoms with Gasteiger partial charge in [-0.05, 0) is 71.1 Å². The van der Waals surface area contributed by atoms with E-state index in [2.05, 4.69) is 27.8 Å². The number of hydrogen-bond acceptors (Lipinski definition) is 3. The van der Waals surface area contributed by atoms with Gasteiger partial charge >= 0.3 is 0 Å². The first-order valence-corrected chi connectivity index (χ1v) is 8.40. The second-order valence-electron chi connectivity index (χ2n) is 5.58. The Morgan fingerprint density at radius 3 is 2.70 bits per heavy atom. The van der Waals surface area contributed by atoms with Gasteiger partial charge in [0.2, 0.25) is 0 Å². The second-order valence-corrected chi connectivity index (χ2v) is 6.36. The molecule has 2 aromatic heterocycles. The number of aryl methyl sites for hydroxylation is 2. The van der Waals surface area contributed by atoms with Crippen LogP contribution in [0.15, 0.2) is 53.5 Å². The number of thiophene rings is 1. The number of amides is 1. The molecule has 23 heavy (non-hydrogen) atoms. The van der Waals surface area contributed by atoms with Crippen LogP contribution in [0.25, 0.3) is 11.1 Å². The van der Waals surface area contributed by atoms with E-state index < -0.39 is 0 Å². The summed E-state index contributed by atoms with van der Waals surface area (Å²) in [6.07, 6.45) is 3.63. The van der Waals surface area contributed by atoms with E-state index in [9.17, 15) is 4.79 Å². The summed E-state index contributed by atoms with van der Waals surface area (Å²) in [7, 11) is 0. The minimum absolute atomic E-state index is 0.0611. The highest BCUT2D eigenvalue weighted by Crippen LogP contribution is 2.22. The number of aromatic nitrogens is 1. The quantitative estimate of drug-likeness (QED) is 0.775. The molecular formula is C19H18N2OS. The number of hydrogen-bond donors (Lipinski definition) is 1. The summed E-state index contributed by atoms with van der Waals surface area (Å²) in [5.41, 5.74) is 6.22. The maximum absolute atomic E-state index is 12.3. The Balaban J connectivity index is 1.69. The molecule has 0 radical (unpaired) electrons. The van der Waals surface area contributed by atoms with Crippen LogP contribution in [-0.4, -0.2) is 10.9 Å². The van der Waals surface area contributed by atoms with Crippen molar-refractivity contribution in [3.63, 3.8) is 0 Å². The first-order valence-electron chi connectivity index (χ1n) is 7.45. The molecule has 0 bridgehead atoms. The highest BCUT2D eigenvalue weighted by molar-refractivity contribution is 7.08. The Hall–Kier alpha value is -2.46. The van der Waals surface area contributed by atoms with Crippen molar-refractivity contribution in [2.24, 2.45) is 0 Å². The highest BCUT2D eigenvalue weighted by Gasteiger charge is 2.07. The molecule has 1 aromatic carbocycles. The molecule has 2 heterocycles. The average molecular weight is 322 g/mol. The van der Waals surface area contributed by atoms with E-state index in [0.29, 0.717) is 12.1 Å². The smallest absolute Gasteiger partial charge is 0.251 e. The molecule has 1 N–H and O–H groups in total. The maximum atomic E-state index is 12.3. The molecule has 0 fully saturated rings. The van der Waals surface area contributed by atoms with Crippen LogP contribution in [0.5, 0.6) is 0 Å². The lowest BCUT2D eigenvalue weighted by Crippen LogP contribution is -2.23. The van der Waals surface area contributed by atoms with Crippen LogP contribution >= 0.6 is 11.3 Å². The molecule has 0 unspecified atom stereocenters. The zero-order chi connectivity index (χ0) is 16.2. The lowest BCUT2D eigenvalue weighted by Gasteiger charge is -2.08. The molecule has 116 valence electrons. The zero-order valence-corrected chi connectivity index (χ0v) is 14.0. The monoisotopic (exact) mass is 322 g/mol. The zero-order valence-electron chi connectivity index (χ0n) is 13.2. The molecule has 0 aliphatic heterocycles. The van der Waals surface area contributed by atoms with Crippen molar-refractivity contribution in [3.05, 3.63) is 75.7 Å². The van der Waals surface area contributed by atoms with Crippen LogP contribution in [0, 0.1) is 13.8 Å². The molecule has 0 aliphatic carbocycles. The van der Waals surface area contributed by atoms with Crippen molar-refractivity contribution in [2.45, 2.75) is 20.4 Å². The van der Waals surface area contributed by atoms with Crippen molar-refractivity contribution in [2.75, 3.05) is 0 Å². The highest BCUT2D eigenvalue weighted by atomic mass is 32.1. The van der Waals surface area contributed by atoms with Gasteiger partial charge in [0.15, 0.2) is 0 Å². The summed E-state index contributed by atoms with van der Waals surface area (Å²) in [5.74, 6) is -0.0611. The summed E-state index contributed by atoms with van der Waals surface area (Å²) in [5, 5.41) is 7.09. The number of carbonyl (C=O) groups is 1. The van der Waals surface area contributed by atoms with Crippen LogP contribution in [0.2, 0.25) is 0 Å². The predicted molar refractivity (Wildman–Crippen MR) is 94.6 cm³/mol. The van der Waals surface area contributed by atoms with Crippen molar-refractivity contribution in [1.29, 1.82) is 0 Å². The summed E-state index contributed by atoms with van der Waals surface area (Å²) >= 11 is 1.66. The number of carbonyl (C=O) groups excluding carboxylic acids is 1. The van der Waals surface area contributed by atoms with Gasteiger partial charge in [-0.15, -0.1) is 0 Å². The Morgan fingerprint density at radius 1 is 1.09 bits per heavy atom. The molecule has 3 nitrogen and oxygen atoms in total. The fourth-order valence-electron chi connectivity index (χ4n) is 2.34. The van der Waals surface area contributed by atoms with Crippen molar-refractivity contribution in [3.8, 4) is 11.1 Å². The van der Waals surface area contributed by atoms with Gasteiger partial charge in [-0.25, -0.2) is 0 Å². The Kier molecular flexibility index (Phi) is 4.53. The largest absolute Gasteiger partial charge is 0.348 e. The molecule has 3 rings (SSSR count). The second kappa shape index (κ2) is 6.75. The third-order valence-corrected chi connectivity index (χ3v) is 4.55. The van der Waals surface area contributed by atoms with Gasteiger partial charge in [-0.2, -0.15) is 11.3 Å². The number of rotatable bonds is 4. The molecule has 0 saturated carbocycles. The topological polar surface area (TPSA) is 42.0 Å². The van der Waals surface area contributed by atoms with Crippen molar-refractivity contribution in [1.82, 2.24) is 10.3 Å². The summed E-state index contributed by atoms with van der Waals surface area (Å²) in [6, 6.07) is 9.89. The van der Waals surface area contributed by atoms with Crippen molar-refractivity contribution < 1.29 is 4.79 Å². The van der Waals surface area contributed by atoms with E-state index in [1.54, 1.807) is 17.5 Å². The number of nitrogens with zero attached hydrogens (tertiary/aromatic N) is 1. The van der Waals surface area contributed by atoms with Gasteiger partial charge in [0.25, 0.3) is 5.91 Å². The third kappa shape index (κ3) is 3.66. The molecule has 4 heteroatoms. The average Bonchev–Trinajstić information content (AvgIpc) is 3.10. The molecule has 3 aromatic rings. The lowest BCUT2D eigenvalue weighted by atomic mass is 10.1. The fraction of sp³-hybridized carbons (Fsp3) is 0.158. The van der Waals surface area contributed by atoms with E-state index >= 15 is 0 Å². The van der Waals surface area contributed by atoms with Crippen LogP contribution < -0.4 is 5.32 Å². The molecule has 1 amide bonds. The summed E-state index contributed by atoms with van der Waals surface area (Å²) in [6.45, 7) is 4.52. The minimum atomic E-state index is -0.0611. The molecule has 0 saturated heterocycles. The first kappa shape index (κ1) is 15.4. The van der Waals surface area contributed by atoms with Gasteiger partial charge in [0, 0.05) is 30.1 Å². The van der Waals surface area contributed by atoms with E-state index in [-0.39, 0.29) is 5.91 Å². The first-order chi connectivity index (χ1) is 11.1. The maximum Gasteiger partial charge on any atom is 0.251 e. The number of benzene rings is 1. The van der Waals surface area contributed by atoms with Gasteiger partial charge < -0.3 is 5.32 Å². The Bertz CT molecular complexity index is 825. The third-order valence-electron chi connectivity index (χ3n) is 3.87. The summed E-state index contributed by atoms with van der Waals surface area (Å²) in [4.78, 5) is 16.5. The normalized spacial score (nSPS) is 10.5. The fourth-order valence-corrected chi connectivity index (χ4v) is 3.00. The van der Waals surface area contributed by atoms with Crippen molar-refractivity contribution >= 4 is 17.2 Å². The van der Waals surface area contributed by atoms with E-state index in [1.165, 1.54) is 5.56 Å². The van der Waals surface area contributed by atoms with E-state index in [0.717, 1.165) is 22.3 Å². The minimum Gasteiger partial charge on any atom is -0.348 e. The van der Waals surface area contributed by atoms with E-state index in [1.807, 2.05) is 43.6 Å². The lowest BCUT2D eigenvalue weighted by molar-refractivity contribution is 0.0951. The van der Waals surface area contributed by atoms with Crippen LogP contribution in [-0.2, 0) is 6.54 Å². The van der Waals surface area contributed by atoms with Gasteiger partial charge in [-0.3, -0.25) is 9.78 Å². The summed E-state index contributed by atoms with van der Waals surface area (Å²) < 4.78 is 0. The SMILES string of the molecule is Cc1ccc(C(=O)NCc2cncc(-c3ccsc3)c2)cc1C. The predicted octanol–water partition coefficient (Wildman–Crippen LogP) is 4.36. The molecule has 0 spiro atoms. The van der Waals surface area contributed by atoms with Gasteiger partial charge in [0.05, 0.1) is 0 Å². The Labute approximate surface area is 140 Å². The standard InChI is InChI=1S/C19H18N2OS/c1-13-3-4-16(7-14(13)2)19(22)21-10-15-8-18(11-20-9-15)17-5-6-23-12-17/h3-9,11-12H,10H2,1-2H3,(H,21,22). The molecule has 0 atom stereocenters. The number of nitrogens with one attached hydrogen (secondary N) is 1. The van der Waals surface area contributed by atoms with Crippen LogP contribution in [0.3, 0.4) is 0 Å². The Morgan fingerprint density at radius 2 is 1.96 bits per heavy atom. The van der Waals surface area contributed by atoms with Crippen LogP contribution in [0.1, 0.15) is 27.0 Å². The molecular weight excluding hydrogens is 304 g/mol. The number of pyridine rings is 1. The van der Waals surface area contributed by atoms with E-state index in [4.69, 9.17) is 0 Å².